The molecule has 0 aromatic heterocycles. The summed E-state index contributed by atoms with van der Waals surface area (Å²) in [6.07, 6.45) is 9.37. The molecular formula is C28H42BrFKN4O3-. The Bertz CT molecular complexity index is 930. The minimum absolute atomic E-state index is 0. The van der Waals surface area contributed by atoms with Crippen LogP contribution in [0.3, 0.4) is 0 Å². The number of aliphatic imine (C=N–C) groups is 1. The molecule has 1 aromatic carbocycles. The van der Waals surface area contributed by atoms with Gasteiger partial charge in [0, 0.05) is 36.8 Å². The van der Waals surface area contributed by atoms with Crippen LogP contribution in [0.5, 0.6) is 0 Å². The van der Waals surface area contributed by atoms with E-state index in [0.29, 0.717) is 47.9 Å². The van der Waals surface area contributed by atoms with Crippen LogP contribution in [-0.2, 0) is 22.7 Å². The first-order valence-electron chi connectivity index (χ1n) is 12.9. The van der Waals surface area contributed by atoms with Crippen molar-refractivity contribution in [1.82, 2.24) is 10.2 Å². The van der Waals surface area contributed by atoms with E-state index in [0.717, 1.165) is 24.2 Å². The third-order valence-corrected chi connectivity index (χ3v) is 6.86. The quantitative estimate of drug-likeness (QED) is 0.109. The van der Waals surface area contributed by atoms with Crippen LogP contribution in [0.15, 0.2) is 9.47 Å². The normalized spacial score (nSPS) is 16.6. The van der Waals surface area contributed by atoms with Gasteiger partial charge in [-0.25, -0.2) is 4.39 Å². The van der Waals surface area contributed by atoms with Crippen LogP contribution in [0, 0.1) is 36.4 Å². The molecule has 0 amide bonds. The number of hydrogen-bond donors (Lipinski definition) is 3. The summed E-state index contributed by atoms with van der Waals surface area (Å²) in [6, 6.07) is 2.78. The topological polar surface area (TPSA) is 90.2 Å². The van der Waals surface area contributed by atoms with Gasteiger partial charge in [-0.1, -0.05) is 25.0 Å². The minimum atomic E-state index is -0.474. The van der Waals surface area contributed by atoms with Crippen LogP contribution in [0.4, 0.5) is 4.39 Å². The first-order valence-corrected chi connectivity index (χ1v) is 13.6. The molecule has 0 bridgehead atoms. The molecule has 0 atom stereocenters. The zero-order chi connectivity index (χ0) is 27.8. The number of aliphatic hydroxyl groups is 1. The SMILES string of the molecule is C#CC.CC.CC(=N)CN/C(=N/[CH-]OCC12CCCN1CCC2)c1[c-]c(F)c(Br)c2c1COC2.CCO.[K+]. The number of benzene rings is 1. The summed E-state index contributed by atoms with van der Waals surface area (Å²) < 4.78 is 26.2. The van der Waals surface area contributed by atoms with Gasteiger partial charge in [0.05, 0.1) is 19.0 Å². The molecule has 2 fully saturated rings. The predicted molar refractivity (Wildman–Crippen MR) is 151 cm³/mol. The van der Waals surface area contributed by atoms with Crippen molar-refractivity contribution in [2.45, 2.75) is 79.1 Å². The van der Waals surface area contributed by atoms with E-state index in [1.807, 2.05) is 13.8 Å². The molecule has 3 heterocycles. The number of nitrogens with one attached hydrogen (secondary N) is 2. The first-order chi connectivity index (χ1) is 17.8. The Balaban J connectivity index is 0.00000137. The molecule has 0 radical (unpaired) electrons. The summed E-state index contributed by atoms with van der Waals surface area (Å²) in [5, 5.41) is 18.4. The second-order valence-electron chi connectivity index (χ2n) is 8.63. The molecule has 10 heteroatoms. The Morgan fingerprint density at radius 2 is 1.89 bits per heavy atom. The maximum absolute atomic E-state index is 14.4. The average Bonchev–Trinajstić information content (AvgIpc) is 3.59. The molecule has 3 aliphatic rings. The van der Waals surface area contributed by atoms with Gasteiger partial charge in [0.1, 0.15) is 0 Å². The van der Waals surface area contributed by atoms with Gasteiger partial charge in [0.15, 0.2) is 0 Å². The molecule has 3 N–H and O–H groups in total. The fourth-order valence-corrected chi connectivity index (χ4v) is 5.03. The number of amidine groups is 1. The van der Waals surface area contributed by atoms with Gasteiger partial charge < -0.3 is 30.3 Å². The third kappa shape index (κ3) is 10.9. The third-order valence-electron chi connectivity index (χ3n) is 6.03. The second-order valence-corrected chi connectivity index (χ2v) is 9.42. The summed E-state index contributed by atoms with van der Waals surface area (Å²) in [6.45, 7) is 14.7. The van der Waals surface area contributed by atoms with Crippen molar-refractivity contribution >= 4 is 27.5 Å². The number of hydrogen-bond acceptors (Lipinski definition) is 6. The number of aliphatic hydroxyl groups excluding tert-OH is 1. The molecule has 4 rings (SSSR count). The number of ether oxygens (including phenoxy) is 2. The Kier molecular flexibility index (Phi) is 20.4. The van der Waals surface area contributed by atoms with Crippen molar-refractivity contribution in [3.05, 3.63) is 39.8 Å². The summed E-state index contributed by atoms with van der Waals surface area (Å²) in [5.41, 5.74) is 2.77. The molecule has 208 valence electrons. The number of halogens is 2. The fourth-order valence-electron chi connectivity index (χ4n) is 4.58. The number of fused-ring (bicyclic) bond motifs is 2. The fraction of sp³-hybridized carbons (Fsp3) is 0.607. The molecule has 3 aliphatic heterocycles. The molecule has 2 saturated heterocycles. The van der Waals surface area contributed by atoms with Gasteiger partial charge in [-0.05, 0) is 70.7 Å². The minimum Gasteiger partial charge on any atom is -0.421 e. The summed E-state index contributed by atoms with van der Waals surface area (Å²) in [7, 11) is 0. The Hall–Kier alpha value is -0.324. The van der Waals surface area contributed by atoms with Crippen molar-refractivity contribution in [3.8, 4) is 12.3 Å². The Morgan fingerprint density at radius 3 is 2.45 bits per heavy atom. The molecule has 38 heavy (non-hydrogen) atoms. The van der Waals surface area contributed by atoms with Gasteiger partial charge in [0.2, 0.25) is 0 Å². The number of terminal acetylenes is 1. The molecular weight excluding hydrogens is 578 g/mol. The van der Waals surface area contributed by atoms with E-state index in [1.54, 1.807) is 20.8 Å². The van der Waals surface area contributed by atoms with E-state index in [1.165, 1.54) is 32.4 Å². The standard InChI is InChI=1S/C21H26BrFN4O2.C3H4.C2H6O.C2H6.K/c1-14(24)9-25-20(15-8-18(23)19(22)17-11-28-10-16(15)17)26-13-29-12-21-4-2-6-27(21)7-3-5-21;1-3-2;1-2-3;1-2;/h13,24H,2-7,9-12H2,1H3,(H,25,26);1H,2H3;3H,2H2,1H3;1-2H3;/q-2;;;;+1. The van der Waals surface area contributed by atoms with E-state index >= 15 is 0 Å². The molecule has 0 spiro atoms. The largest absolute Gasteiger partial charge is 1.00 e. The van der Waals surface area contributed by atoms with Gasteiger partial charge in [-0.3, -0.25) is 4.90 Å². The van der Waals surface area contributed by atoms with Crippen molar-refractivity contribution < 1.29 is 70.4 Å². The van der Waals surface area contributed by atoms with Crippen LogP contribution in [0.1, 0.15) is 77.0 Å². The maximum Gasteiger partial charge on any atom is 1.00 e. The maximum atomic E-state index is 14.4. The van der Waals surface area contributed by atoms with E-state index in [4.69, 9.17) is 20.0 Å². The van der Waals surface area contributed by atoms with Gasteiger partial charge in [-0.2, -0.15) is 0 Å². The summed E-state index contributed by atoms with van der Waals surface area (Å²) >= 11 is 3.29. The zero-order valence-corrected chi connectivity index (χ0v) is 28.6. The van der Waals surface area contributed by atoms with Crippen molar-refractivity contribution in [3.63, 3.8) is 0 Å². The van der Waals surface area contributed by atoms with Crippen molar-refractivity contribution in [1.29, 1.82) is 5.41 Å². The first kappa shape index (κ1) is 37.7. The van der Waals surface area contributed by atoms with Crippen LogP contribution in [-0.4, -0.2) is 59.9 Å². The Labute approximate surface area is 279 Å². The summed E-state index contributed by atoms with van der Waals surface area (Å²) in [5.74, 6) is 2.22. The van der Waals surface area contributed by atoms with Crippen molar-refractivity contribution in [2.75, 3.05) is 32.8 Å². The Morgan fingerprint density at radius 1 is 1.34 bits per heavy atom. The second kappa shape index (κ2) is 20.5. The van der Waals surface area contributed by atoms with Crippen LogP contribution >= 0.6 is 15.9 Å². The smallest absolute Gasteiger partial charge is 0.421 e. The zero-order valence-electron chi connectivity index (χ0n) is 23.8. The van der Waals surface area contributed by atoms with E-state index in [9.17, 15) is 4.39 Å². The van der Waals surface area contributed by atoms with E-state index < -0.39 is 5.82 Å². The predicted octanol–water partition coefficient (Wildman–Crippen LogP) is 2.23. The van der Waals surface area contributed by atoms with Gasteiger partial charge in [-0.15, -0.1) is 39.9 Å². The summed E-state index contributed by atoms with van der Waals surface area (Å²) in [4.78, 5) is 6.99. The average molecular weight is 621 g/mol. The van der Waals surface area contributed by atoms with Crippen LogP contribution in [0.2, 0.25) is 0 Å². The molecule has 0 aliphatic carbocycles. The van der Waals surface area contributed by atoms with Crippen LogP contribution < -0.4 is 56.7 Å². The number of rotatable bonds is 7. The number of nitrogens with zero attached hydrogens (tertiary/aromatic N) is 2. The monoisotopic (exact) mass is 619 g/mol. The van der Waals surface area contributed by atoms with Crippen LogP contribution in [0.25, 0.3) is 0 Å². The molecule has 7 nitrogen and oxygen atoms in total. The molecule has 1 aromatic rings. The van der Waals surface area contributed by atoms with Crippen molar-refractivity contribution in [2.24, 2.45) is 4.99 Å². The van der Waals surface area contributed by atoms with Gasteiger partial charge in [0.25, 0.3) is 0 Å². The van der Waals surface area contributed by atoms with E-state index in [-0.39, 0.29) is 63.5 Å². The molecule has 0 unspecified atom stereocenters. The molecule has 0 saturated carbocycles. The van der Waals surface area contributed by atoms with Gasteiger partial charge >= 0.3 is 51.4 Å². The van der Waals surface area contributed by atoms with E-state index in [2.05, 4.69) is 49.5 Å².